The van der Waals surface area contributed by atoms with Crippen LogP contribution >= 0.6 is 0 Å². The standard InChI is InChI=1S/C18H29NO3/c1-14(12-15-6-4-5-7-16(15)20)19-13-17(2,3)18(21)8-10-22-11-9-18/h4-7,14,19-21H,8-13H2,1-3H3. The highest BCUT2D eigenvalue weighted by molar-refractivity contribution is 5.32. The molecule has 1 unspecified atom stereocenters. The van der Waals surface area contributed by atoms with E-state index in [0.29, 0.717) is 31.8 Å². The fourth-order valence-electron chi connectivity index (χ4n) is 3.07. The average molecular weight is 307 g/mol. The first-order valence-electron chi connectivity index (χ1n) is 8.14. The lowest BCUT2D eigenvalue weighted by Crippen LogP contribution is -2.54. The van der Waals surface area contributed by atoms with Crippen LogP contribution in [0.15, 0.2) is 24.3 Å². The molecule has 1 aromatic carbocycles. The van der Waals surface area contributed by atoms with Gasteiger partial charge >= 0.3 is 0 Å². The minimum absolute atomic E-state index is 0.218. The van der Waals surface area contributed by atoms with Gasteiger partial charge in [0.25, 0.3) is 0 Å². The second kappa shape index (κ2) is 6.99. The Morgan fingerprint density at radius 1 is 1.27 bits per heavy atom. The highest BCUT2D eigenvalue weighted by Gasteiger charge is 2.44. The number of aromatic hydroxyl groups is 1. The van der Waals surface area contributed by atoms with E-state index in [1.54, 1.807) is 6.07 Å². The summed E-state index contributed by atoms with van der Waals surface area (Å²) in [5, 5.41) is 24.2. The van der Waals surface area contributed by atoms with Gasteiger partial charge < -0.3 is 20.3 Å². The first-order valence-corrected chi connectivity index (χ1v) is 8.14. The molecule has 1 aliphatic heterocycles. The minimum Gasteiger partial charge on any atom is -0.508 e. The molecule has 124 valence electrons. The number of nitrogens with one attached hydrogen (secondary N) is 1. The van der Waals surface area contributed by atoms with E-state index in [9.17, 15) is 10.2 Å². The third-order valence-corrected chi connectivity index (χ3v) is 4.99. The summed E-state index contributed by atoms with van der Waals surface area (Å²) in [6.07, 6.45) is 2.15. The molecule has 4 nitrogen and oxygen atoms in total. The van der Waals surface area contributed by atoms with Gasteiger partial charge in [0.05, 0.1) is 5.60 Å². The smallest absolute Gasteiger partial charge is 0.118 e. The molecule has 0 aromatic heterocycles. The lowest BCUT2D eigenvalue weighted by atomic mass is 9.70. The summed E-state index contributed by atoms with van der Waals surface area (Å²) in [5.74, 6) is 0.346. The van der Waals surface area contributed by atoms with Gasteiger partial charge in [-0.3, -0.25) is 0 Å². The molecule has 1 atom stereocenters. The first-order chi connectivity index (χ1) is 10.3. The van der Waals surface area contributed by atoms with E-state index >= 15 is 0 Å². The fraction of sp³-hybridized carbons (Fsp3) is 0.667. The van der Waals surface area contributed by atoms with E-state index in [2.05, 4.69) is 26.1 Å². The van der Waals surface area contributed by atoms with Crippen molar-refractivity contribution in [3.05, 3.63) is 29.8 Å². The molecule has 2 rings (SSSR count). The molecule has 1 heterocycles. The van der Waals surface area contributed by atoms with E-state index in [4.69, 9.17) is 4.74 Å². The molecular formula is C18H29NO3. The third kappa shape index (κ3) is 4.00. The van der Waals surface area contributed by atoms with Crippen LogP contribution in [0, 0.1) is 5.41 Å². The monoisotopic (exact) mass is 307 g/mol. The maximum absolute atomic E-state index is 10.9. The molecule has 0 spiro atoms. The number of hydrogen-bond donors (Lipinski definition) is 3. The van der Waals surface area contributed by atoms with Crippen molar-refractivity contribution in [2.45, 2.75) is 51.7 Å². The van der Waals surface area contributed by atoms with Crippen LogP contribution in [0.25, 0.3) is 0 Å². The van der Waals surface area contributed by atoms with Gasteiger partial charge in [0.15, 0.2) is 0 Å². The van der Waals surface area contributed by atoms with Crippen LogP contribution in [0.5, 0.6) is 5.75 Å². The van der Waals surface area contributed by atoms with Gasteiger partial charge in [-0.15, -0.1) is 0 Å². The summed E-state index contributed by atoms with van der Waals surface area (Å²) in [6, 6.07) is 7.68. The number of phenols is 1. The molecule has 1 saturated heterocycles. The number of aliphatic hydroxyl groups is 1. The van der Waals surface area contributed by atoms with Crippen LogP contribution in [0.2, 0.25) is 0 Å². The predicted octanol–water partition coefficient (Wildman–Crippen LogP) is 2.48. The SMILES string of the molecule is CC(Cc1ccccc1O)NCC(C)(C)C1(O)CCOCC1. The lowest BCUT2D eigenvalue weighted by Gasteiger charge is -2.45. The molecule has 22 heavy (non-hydrogen) atoms. The van der Waals surface area contributed by atoms with Gasteiger partial charge in [-0.1, -0.05) is 32.0 Å². The van der Waals surface area contributed by atoms with E-state index in [1.807, 2.05) is 18.2 Å². The second-order valence-corrected chi connectivity index (χ2v) is 7.14. The molecule has 3 N–H and O–H groups in total. The number of benzene rings is 1. The maximum atomic E-state index is 10.9. The Kier molecular flexibility index (Phi) is 5.48. The highest BCUT2D eigenvalue weighted by Crippen LogP contribution is 2.38. The number of para-hydroxylation sites is 1. The van der Waals surface area contributed by atoms with Crippen LogP contribution in [-0.2, 0) is 11.2 Å². The summed E-state index contributed by atoms with van der Waals surface area (Å²) in [4.78, 5) is 0. The second-order valence-electron chi connectivity index (χ2n) is 7.14. The molecule has 0 aliphatic carbocycles. The van der Waals surface area contributed by atoms with Crippen LogP contribution in [0.1, 0.15) is 39.2 Å². The Bertz CT molecular complexity index is 481. The van der Waals surface area contributed by atoms with Crippen molar-refractivity contribution >= 4 is 0 Å². The Hall–Kier alpha value is -1.10. The molecule has 0 radical (unpaired) electrons. The summed E-state index contributed by atoms with van der Waals surface area (Å²) in [5.41, 5.74) is 0.0569. The summed E-state index contributed by atoms with van der Waals surface area (Å²) in [7, 11) is 0. The summed E-state index contributed by atoms with van der Waals surface area (Å²) >= 11 is 0. The van der Waals surface area contributed by atoms with Crippen molar-refractivity contribution in [1.29, 1.82) is 0 Å². The number of phenolic OH excluding ortho intramolecular Hbond substituents is 1. The normalized spacial score (nSPS) is 19.8. The van der Waals surface area contributed by atoms with Crippen LogP contribution in [-0.4, -0.2) is 41.6 Å². The average Bonchev–Trinajstić information content (AvgIpc) is 2.48. The van der Waals surface area contributed by atoms with Gasteiger partial charge in [-0.05, 0) is 25.0 Å². The van der Waals surface area contributed by atoms with E-state index in [1.165, 1.54) is 0 Å². The molecule has 0 amide bonds. The lowest BCUT2D eigenvalue weighted by molar-refractivity contribution is -0.131. The zero-order valence-electron chi connectivity index (χ0n) is 13.9. The molecule has 0 bridgehead atoms. The molecule has 1 fully saturated rings. The van der Waals surface area contributed by atoms with E-state index in [0.717, 1.165) is 18.5 Å². The van der Waals surface area contributed by atoms with Crippen molar-refractivity contribution < 1.29 is 14.9 Å². The molecule has 1 aromatic rings. The Balaban J connectivity index is 1.89. The van der Waals surface area contributed by atoms with E-state index in [-0.39, 0.29) is 11.5 Å². The van der Waals surface area contributed by atoms with Gasteiger partial charge in [0, 0.05) is 44.1 Å². The van der Waals surface area contributed by atoms with Crippen molar-refractivity contribution in [2.24, 2.45) is 5.41 Å². The van der Waals surface area contributed by atoms with Crippen LogP contribution in [0.3, 0.4) is 0 Å². The number of hydrogen-bond acceptors (Lipinski definition) is 4. The molecule has 1 aliphatic rings. The van der Waals surface area contributed by atoms with Crippen molar-refractivity contribution in [3.63, 3.8) is 0 Å². The fourth-order valence-corrected chi connectivity index (χ4v) is 3.07. The largest absolute Gasteiger partial charge is 0.508 e. The first kappa shape index (κ1) is 17.3. The van der Waals surface area contributed by atoms with Gasteiger partial charge in [0.2, 0.25) is 0 Å². The maximum Gasteiger partial charge on any atom is 0.118 e. The predicted molar refractivity (Wildman–Crippen MR) is 88.1 cm³/mol. The van der Waals surface area contributed by atoms with Crippen molar-refractivity contribution in [2.75, 3.05) is 19.8 Å². The molecular weight excluding hydrogens is 278 g/mol. The topological polar surface area (TPSA) is 61.7 Å². The third-order valence-electron chi connectivity index (χ3n) is 4.99. The summed E-state index contributed by atoms with van der Waals surface area (Å²) < 4.78 is 5.37. The quantitative estimate of drug-likeness (QED) is 0.755. The van der Waals surface area contributed by atoms with Crippen LogP contribution < -0.4 is 5.32 Å². The zero-order chi connectivity index (χ0) is 16.2. The van der Waals surface area contributed by atoms with Gasteiger partial charge in [-0.25, -0.2) is 0 Å². The van der Waals surface area contributed by atoms with Crippen molar-refractivity contribution in [3.8, 4) is 5.75 Å². The number of ether oxygens (including phenoxy) is 1. The zero-order valence-corrected chi connectivity index (χ0v) is 13.9. The van der Waals surface area contributed by atoms with E-state index < -0.39 is 5.60 Å². The Morgan fingerprint density at radius 2 is 1.91 bits per heavy atom. The van der Waals surface area contributed by atoms with Gasteiger partial charge in [0.1, 0.15) is 5.75 Å². The van der Waals surface area contributed by atoms with Gasteiger partial charge in [-0.2, -0.15) is 0 Å². The number of rotatable bonds is 6. The Labute approximate surface area is 133 Å². The Morgan fingerprint density at radius 3 is 2.55 bits per heavy atom. The highest BCUT2D eigenvalue weighted by atomic mass is 16.5. The van der Waals surface area contributed by atoms with Crippen LogP contribution in [0.4, 0.5) is 0 Å². The molecule has 4 heteroatoms. The minimum atomic E-state index is -0.674. The van der Waals surface area contributed by atoms with Crippen molar-refractivity contribution in [1.82, 2.24) is 5.32 Å². The molecule has 0 saturated carbocycles. The summed E-state index contributed by atoms with van der Waals surface area (Å²) in [6.45, 7) is 8.33.